The van der Waals surface area contributed by atoms with Crippen LogP contribution in [0.2, 0.25) is 0 Å². The number of likely N-dealkylation sites (N-methyl/N-ethyl adjacent to an activating group) is 1. The summed E-state index contributed by atoms with van der Waals surface area (Å²) in [6.07, 6.45) is 0. The maximum Gasteiger partial charge on any atom is 0.260 e. The van der Waals surface area contributed by atoms with Gasteiger partial charge in [0.15, 0.2) is 6.61 Å². The average Bonchev–Trinajstić information content (AvgIpc) is 2.78. The average molecular weight is 386 g/mol. The van der Waals surface area contributed by atoms with Gasteiger partial charge in [0.2, 0.25) is 0 Å². The van der Waals surface area contributed by atoms with Gasteiger partial charge in [0.05, 0.1) is 18.7 Å². The molecule has 3 aromatic carbocycles. The highest BCUT2D eigenvalue weighted by Gasteiger charge is 2.12. The van der Waals surface area contributed by atoms with Crippen LogP contribution in [0.25, 0.3) is 11.1 Å². The molecule has 0 aromatic heterocycles. The second kappa shape index (κ2) is 9.43. The summed E-state index contributed by atoms with van der Waals surface area (Å²) in [4.78, 5) is 14.0. The first-order chi connectivity index (χ1) is 14.1. The van der Waals surface area contributed by atoms with Crippen LogP contribution in [0.1, 0.15) is 11.1 Å². The summed E-state index contributed by atoms with van der Waals surface area (Å²) >= 11 is 0. The van der Waals surface area contributed by atoms with Crippen molar-refractivity contribution in [3.63, 3.8) is 0 Å². The third-order valence-electron chi connectivity index (χ3n) is 4.59. The molecule has 0 saturated heterocycles. The minimum absolute atomic E-state index is 0.0398. The predicted molar refractivity (Wildman–Crippen MR) is 112 cm³/mol. The Morgan fingerprint density at radius 3 is 2.21 bits per heavy atom. The zero-order chi connectivity index (χ0) is 20.6. The number of hydrogen-bond acceptors (Lipinski definition) is 4. The van der Waals surface area contributed by atoms with Crippen LogP contribution in [0.4, 0.5) is 0 Å². The SMILES string of the molecule is COc1ccccc1CN(C)C(=O)COc1ccc(-c2ccc(C#N)cc2)cc1. The number of methoxy groups -OCH3 is 1. The Kier molecular flexibility index (Phi) is 6.49. The van der Waals surface area contributed by atoms with E-state index in [1.54, 1.807) is 31.2 Å². The molecule has 0 radical (unpaired) electrons. The zero-order valence-electron chi connectivity index (χ0n) is 16.5. The molecule has 0 aliphatic heterocycles. The van der Waals surface area contributed by atoms with E-state index in [9.17, 15) is 4.79 Å². The third-order valence-corrected chi connectivity index (χ3v) is 4.59. The lowest BCUT2D eigenvalue weighted by Crippen LogP contribution is -2.31. The van der Waals surface area contributed by atoms with E-state index in [0.717, 1.165) is 22.4 Å². The molecule has 146 valence electrons. The number of hydrogen-bond donors (Lipinski definition) is 0. The van der Waals surface area contributed by atoms with Crippen LogP contribution < -0.4 is 9.47 Å². The summed E-state index contributed by atoms with van der Waals surface area (Å²) in [5.74, 6) is 1.26. The lowest BCUT2D eigenvalue weighted by molar-refractivity contribution is -0.132. The van der Waals surface area contributed by atoms with Gasteiger partial charge < -0.3 is 14.4 Å². The van der Waals surface area contributed by atoms with Gasteiger partial charge in [0, 0.05) is 19.2 Å². The molecule has 0 aliphatic carbocycles. The Morgan fingerprint density at radius 2 is 1.59 bits per heavy atom. The van der Waals surface area contributed by atoms with Gasteiger partial charge in [-0.2, -0.15) is 5.26 Å². The van der Waals surface area contributed by atoms with Crippen LogP contribution in [-0.2, 0) is 11.3 Å². The van der Waals surface area contributed by atoms with Gasteiger partial charge in [-0.15, -0.1) is 0 Å². The summed E-state index contributed by atoms with van der Waals surface area (Å²) < 4.78 is 11.0. The van der Waals surface area contributed by atoms with E-state index in [4.69, 9.17) is 14.7 Å². The molecule has 0 unspecified atom stereocenters. The number of ether oxygens (including phenoxy) is 2. The van der Waals surface area contributed by atoms with E-state index < -0.39 is 0 Å². The van der Waals surface area contributed by atoms with Gasteiger partial charge in [0.1, 0.15) is 11.5 Å². The topological polar surface area (TPSA) is 62.6 Å². The summed E-state index contributed by atoms with van der Waals surface area (Å²) in [5, 5.41) is 8.88. The van der Waals surface area contributed by atoms with Crippen molar-refractivity contribution in [3.05, 3.63) is 83.9 Å². The second-order valence-electron chi connectivity index (χ2n) is 6.56. The largest absolute Gasteiger partial charge is 0.496 e. The van der Waals surface area contributed by atoms with Gasteiger partial charge in [-0.05, 0) is 41.5 Å². The van der Waals surface area contributed by atoms with Crippen molar-refractivity contribution in [1.29, 1.82) is 5.26 Å². The highest BCUT2D eigenvalue weighted by atomic mass is 16.5. The monoisotopic (exact) mass is 386 g/mol. The number of para-hydroxylation sites is 1. The summed E-state index contributed by atoms with van der Waals surface area (Å²) in [5.41, 5.74) is 3.60. The smallest absolute Gasteiger partial charge is 0.260 e. The van der Waals surface area contributed by atoms with Gasteiger partial charge in [0.25, 0.3) is 5.91 Å². The van der Waals surface area contributed by atoms with Crippen molar-refractivity contribution >= 4 is 5.91 Å². The van der Waals surface area contributed by atoms with Crippen molar-refractivity contribution < 1.29 is 14.3 Å². The molecule has 3 rings (SSSR count). The number of nitriles is 1. The third kappa shape index (κ3) is 5.14. The molecule has 0 bridgehead atoms. The van der Waals surface area contributed by atoms with Crippen LogP contribution in [0.15, 0.2) is 72.8 Å². The molecule has 5 heteroatoms. The number of amides is 1. The van der Waals surface area contributed by atoms with Crippen molar-refractivity contribution in [3.8, 4) is 28.7 Å². The fraction of sp³-hybridized carbons (Fsp3) is 0.167. The first-order valence-corrected chi connectivity index (χ1v) is 9.20. The van der Waals surface area contributed by atoms with E-state index in [1.807, 2.05) is 60.7 Å². The normalized spacial score (nSPS) is 10.1. The number of rotatable bonds is 7. The van der Waals surface area contributed by atoms with E-state index in [1.165, 1.54) is 0 Å². The molecule has 0 saturated carbocycles. The second-order valence-corrected chi connectivity index (χ2v) is 6.56. The van der Waals surface area contributed by atoms with Crippen molar-refractivity contribution in [1.82, 2.24) is 4.90 Å². The maximum absolute atomic E-state index is 12.4. The maximum atomic E-state index is 12.4. The molecule has 0 atom stereocenters. The predicted octanol–water partition coefficient (Wildman–Crippen LogP) is 4.27. The quantitative estimate of drug-likeness (QED) is 0.608. The highest BCUT2D eigenvalue weighted by Crippen LogP contribution is 2.23. The lowest BCUT2D eigenvalue weighted by atomic mass is 10.0. The van der Waals surface area contributed by atoms with Crippen LogP contribution in [0.3, 0.4) is 0 Å². The van der Waals surface area contributed by atoms with Crippen LogP contribution in [-0.4, -0.2) is 31.6 Å². The molecule has 0 N–H and O–H groups in total. The molecule has 1 amide bonds. The molecule has 0 aliphatic rings. The van der Waals surface area contributed by atoms with Crippen molar-refractivity contribution in [2.45, 2.75) is 6.54 Å². The fourth-order valence-electron chi connectivity index (χ4n) is 2.91. The summed E-state index contributed by atoms with van der Waals surface area (Å²) in [6, 6.07) is 24.7. The summed E-state index contributed by atoms with van der Waals surface area (Å²) in [7, 11) is 3.36. The van der Waals surface area contributed by atoms with Crippen molar-refractivity contribution in [2.24, 2.45) is 0 Å². The van der Waals surface area contributed by atoms with Gasteiger partial charge in [-0.3, -0.25) is 4.79 Å². The van der Waals surface area contributed by atoms with E-state index in [0.29, 0.717) is 17.9 Å². The molecule has 0 spiro atoms. The number of carbonyl (C=O) groups is 1. The van der Waals surface area contributed by atoms with Gasteiger partial charge in [-0.1, -0.05) is 42.5 Å². The Hall–Kier alpha value is -3.78. The fourth-order valence-corrected chi connectivity index (χ4v) is 2.91. The Labute approximate surface area is 170 Å². The standard InChI is InChI=1S/C24H22N2O3/c1-26(16-21-5-3-4-6-23(21)28-2)24(27)17-29-22-13-11-20(12-14-22)19-9-7-18(15-25)8-10-19/h3-14H,16-17H2,1-2H3. The van der Waals surface area contributed by atoms with Crippen LogP contribution in [0, 0.1) is 11.3 Å². The number of nitrogens with zero attached hydrogens (tertiary/aromatic N) is 2. The number of benzene rings is 3. The Bertz CT molecular complexity index is 1010. The molecular weight excluding hydrogens is 364 g/mol. The number of carbonyl (C=O) groups excluding carboxylic acids is 1. The zero-order valence-corrected chi connectivity index (χ0v) is 16.5. The van der Waals surface area contributed by atoms with E-state index in [-0.39, 0.29) is 12.5 Å². The molecule has 0 heterocycles. The van der Waals surface area contributed by atoms with Crippen LogP contribution in [0.5, 0.6) is 11.5 Å². The van der Waals surface area contributed by atoms with Crippen molar-refractivity contribution in [2.75, 3.05) is 20.8 Å². The van der Waals surface area contributed by atoms with Gasteiger partial charge in [-0.25, -0.2) is 0 Å². The molecule has 0 fully saturated rings. The Balaban J connectivity index is 1.56. The van der Waals surface area contributed by atoms with E-state index >= 15 is 0 Å². The summed E-state index contributed by atoms with van der Waals surface area (Å²) in [6.45, 7) is 0.408. The van der Waals surface area contributed by atoms with Crippen LogP contribution >= 0.6 is 0 Å². The lowest BCUT2D eigenvalue weighted by Gasteiger charge is -2.19. The van der Waals surface area contributed by atoms with E-state index in [2.05, 4.69) is 6.07 Å². The molecular formula is C24H22N2O3. The molecule has 5 nitrogen and oxygen atoms in total. The molecule has 29 heavy (non-hydrogen) atoms. The highest BCUT2D eigenvalue weighted by molar-refractivity contribution is 5.77. The van der Waals surface area contributed by atoms with Gasteiger partial charge >= 0.3 is 0 Å². The minimum atomic E-state index is -0.118. The first-order valence-electron chi connectivity index (χ1n) is 9.20. The first kappa shape index (κ1) is 20.0. The minimum Gasteiger partial charge on any atom is -0.496 e. The Morgan fingerprint density at radius 1 is 0.966 bits per heavy atom. The molecule has 3 aromatic rings.